The minimum absolute atomic E-state index is 0.0960. The monoisotopic (exact) mass is 223 g/mol. The minimum atomic E-state index is -1.51. The normalized spacial score (nSPS) is 21.2. The molecule has 0 atom stereocenters. The fourth-order valence-corrected chi connectivity index (χ4v) is 1.47. The van der Waals surface area contributed by atoms with E-state index in [-0.39, 0.29) is 5.76 Å². The van der Waals surface area contributed by atoms with Crippen molar-refractivity contribution in [3.05, 3.63) is 35.1 Å². The predicted octanol–water partition coefficient (Wildman–Crippen LogP) is 2.49. The van der Waals surface area contributed by atoms with Gasteiger partial charge in [-0.25, -0.2) is 0 Å². The topological polar surface area (TPSA) is 23.1 Å². The van der Waals surface area contributed by atoms with Gasteiger partial charge in [0.05, 0.1) is 0 Å². The van der Waals surface area contributed by atoms with E-state index >= 15 is 0 Å². The molecule has 0 aromatic rings. The quantitative estimate of drug-likeness (QED) is 0.458. The van der Waals surface area contributed by atoms with Crippen molar-refractivity contribution >= 4 is 34.8 Å². The molecule has 0 saturated carbocycles. The molecule has 1 nitrogen and oxygen atoms in total. The van der Waals surface area contributed by atoms with Crippen LogP contribution in [0.5, 0.6) is 0 Å². The lowest BCUT2D eigenvalue weighted by molar-refractivity contribution is -0.302. The van der Waals surface area contributed by atoms with Crippen molar-refractivity contribution in [3.8, 4) is 0 Å². The summed E-state index contributed by atoms with van der Waals surface area (Å²) in [5, 5.41) is 11.0. The molecule has 66 valence electrons. The fourth-order valence-electron chi connectivity index (χ4n) is 0.974. The summed E-state index contributed by atoms with van der Waals surface area (Å²) in [6.07, 6.45) is 4.96. The lowest BCUT2D eigenvalue weighted by atomic mass is 10.1. The number of hydrogen-bond acceptors (Lipinski definition) is 1. The van der Waals surface area contributed by atoms with Crippen LogP contribution in [0.2, 0.25) is 0 Å². The van der Waals surface area contributed by atoms with Crippen LogP contribution in [0.1, 0.15) is 6.92 Å². The second-order valence-electron chi connectivity index (χ2n) is 2.41. The van der Waals surface area contributed by atoms with Gasteiger partial charge in [-0.2, -0.15) is 0 Å². The van der Waals surface area contributed by atoms with Crippen molar-refractivity contribution in [1.29, 1.82) is 0 Å². The van der Waals surface area contributed by atoms with Crippen LogP contribution in [0.25, 0.3) is 0 Å². The summed E-state index contributed by atoms with van der Waals surface area (Å²) in [5.41, 5.74) is 0.912. The second kappa shape index (κ2) is 3.33. The highest BCUT2D eigenvalue weighted by Crippen LogP contribution is 2.41. The molecule has 1 rings (SSSR count). The lowest BCUT2D eigenvalue weighted by Crippen LogP contribution is -2.11. The van der Waals surface area contributed by atoms with Gasteiger partial charge in [-0.15, -0.1) is 5.76 Å². The van der Waals surface area contributed by atoms with Gasteiger partial charge in [0.1, 0.15) is 0 Å². The van der Waals surface area contributed by atoms with E-state index in [9.17, 15) is 5.11 Å². The molecule has 0 aromatic carbocycles. The van der Waals surface area contributed by atoms with Gasteiger partial charge in [0.25, 0.3) is 0 Å². The smallest absolute Gasteiger partial charge is 0.216 e. The fraction of sp³-hybridized carbons (Fsp3) is 0.250. The maximum Gasteiger partial charge on any atom is 0.216 e. The van der Waals surface area contributed by atoms with Crippen LogP contribution in [-0.4, -0.2) is 3.79 Å². The molecule has 0 radical (unpaired) electrons. The summed E-state index contributed by atoms with van der Waals surface area (Å²) >= 11 is 16.9. The molecule has 0 amide bonds. The Morgan fingerprint density at radius 1 is 1.42 bits per heavy atom. The minimum Gasteiger partial charge on any atom is -0.875 e. The van der Waals surface area contributed by atoms with E-state index < -0.39 is 3.79 Å². The van der Waals surface area contributed by atoms with E-state index in [1.165, 1.54) is 6.92 Å². The number of alkyl halides is 3. The molecule has 0 aliphatic heterocycles. The Kier molecular flexibility index (Phi) is 2.77. The van der Waals surface area contributed by atoms with Crippen molar-refractivity contribution in [1.82, 2.24) is 0 Å². The molecule has 0 spiro atoms. The molecule has 0 bridgehead atoms. The predicted molar refractivity (Wildman–Crippen MR) is 50.2 cm³/mol. The zero-order valence-corrected chi connectivity index (χ0v) is 8.54. The van der Waals surface area contributed by atoms with E-state index in [4.69, 9.17) is 34.8 Å². The second-order valence-corrected chi connectivity index (χ2v) is 4.69. The third-order valence-electron chi connectivity index (χ3n) is 1.50. The van der Waals surface area contributed by atoms with Gasteiger partial charge < -0.3 is 5.11 Å². The van der Waals surface area contributed by atoms with Crippen LogP contribution in [0.4, 0.5) is 0 Å². The summed E-state index contributed by atoms with van der Waals surface area (Å²) in [5.74, 6) is -0.0960. The number of hydrogen-bond donors (Lipinski definition) is 0. The van der Waals surface area contributed by atoms with Gasteiger partial charge in [0.2, 0.25) is 3.79 Å². The van der Waals surface area contributed by atoms with Gasteiger partial charge in [0, 0.05) is 5.57 Å². The van der Waals surface area contributed by atoms with Crippen molar-refractivity contribution in [2.45, 2.75) is 10.7 Å². The number of rotatable bonds is 0. The molecular formula is C8H6Cl3O-. The maximum atomic E-state index is 11.0. The van der Waals surface area contributed by atoms with Crippen LogP contribution in [0.15, 0.2) is 35.1 Å². The summed E-state index contributed by atoms with van der Waals surface area (Å²) in [4.78, 5) is 0. The molecule has 1 aliphatic carbocycles. The van der Waals surface area contributed by atoms with Gasteiger partial charge in [-0.1, -0.05) is 60.0 Å². The van der Waals surface area contributed by atoms with Crippen LogP contribution in [0.3, 0.4) is 0 Å². The highest BCUT2D eigenvalue weighted by atomic mass is 35.6. The third-order valence-corrected chi connectivity index (χ3v) is 2.11. The highest BCUT2D eigenvalue weighted by molar-refractivity contribution is 6.69. The van der Waals surface area contributed by atoms with Gasteiger partial charge in [-0.05, 0) is 5.57 Å². The summed E-state index contributed by atoms with van der Waals surface area (Å²) in [7, 11) is 0. The Morgan fingerprint density at radius 3 is 2.33 bits per heavy atom. The van der Waals surface area contributed by atoms with Gasteiger partial charge in [-0.3, -0.25) is 0 Å². The Balaban J connectivity index is 3.06. The Morgan fingerprint density at radius 2 is 2.00 bits per heavy atom. The average molecular weight is 224 g/mol. The highest BCUT2D eigenvalue weighted by Gasteiger charge is 2.28. The number of allylic oxidation sites excluding steroid dienone is 6. The van der Waals surface area contributed by atoms with Crippen molar-refractivity contribution in [3.63, 3.8) is 0 Å². The number of halogens is 3. The summed E-state index contributed by atoms with van der Waals surface area (Å²) in [6, 6.07) is 0. The molecular weight excluding hydrogens is 218 g/mol. The van der Waals surface area contributed by atoms with Crippen LogP contribution >= 0.6 is 34.8 Å². The van der Waals surface area contributed by atoms with Crippen LogP contribution < -0.4 is 5.11 Å². The molecule has 0 heterocycles. The van der Waals surface area contributed by atoms with E-state index in [1.807, 2.05) is 0 Å². The first-order chi connectivity index (χ1) is 5.43. The molecule has 0 saturated heterocycles. The van der Waals surface area contributed by atoms with E-state index in [0.717, 1.165) is 0 Å². The maximum absolute atomic E-state index is 11.0. The van der Waals surface area contributed by atoms with E-state index in [2.05, 4.69) is 0 Å². The molecule has 1 aliphatic rings. The molecule has 12 heavy (non-hydrogen) atoms. The SMILES string of the molecule is CC([O-])=C1C=CC=C1C(Cl)(Cl)Cl. The van der Waals surface area contributed by atoms with Gasteiger partial charge >= 0.3 is 0 Å². The van der Waals surface area contributed by atoms with E-state index in [0.29, 0.717) is 11.1 Å². The van der Waals surface area contributed by atoms with E-state index in [1.54, 1.807) is 18.2 Å². The van der Waals surface area contributed by atoms with Crippen molar-refractivity contribution in [2.24, 2.45) is 0 Å². The Labute approximate surface area is 85.9 Å². The molecule has 0 fully saturated rings. The Bertz CT molecular complexity index is 277. The first-order valence-electron chi connectivity index (χ1n) is 3.27. The summed E-state index contributed by atoms with van der Waals surface area (Å²) in [6.45, 7) is 1.44. The third kappa shape index (κ3) is 1.98. The zero-order valence-electron chi connectivity index (χ0n) is 6.27. The van der Waals surface area contributed by atoms with Gasteiger partial charge in [0.15, 0.2) is 0 Å². The van der Waals surface area contributed by atoms with Crippen LogP contribution in [-0.2, 0) is 0 Å². The average Bonchev–Trinajstić information content (AvgIpc) is 2.30. The zero-order chi connectivity index (χ0) is 9.35. The summed E-state index contributed by atoms with van der Waals surface area (Å²) < 4.78 is -1.51. The van der Waals surface area contributed by atoms with Crippen molar-refractivity contribution in [2.75, 3.05) is 0 Å². The first-order valence-corrected chi connectivity index (χ1v) is 4.40. The van der Waals surface area contributed by atoms with Crippen molar-refractivity contribution < 1.29 is 5.11 Å². The standard InChI is InChI=1S/C8H7Cl3O/c1-5(12)6-3-2-4-7(6)8(9,10)11/h2-4,12H,1H3/p-1. The molecule has 0 aromatic heterocycles. The largest absolute Gasteiger partial charge is 0.875 e. The first kappa shape index (κ1) is 9.97. The van der Waals surface area contributed by atoms with Crippen LogP contribution in [0, 0.1) is 0 Å². The molecule has 4 heteroatoms. The molecule has 0 N–H and O–H groups in total. The Hall–Kier alpha value is -0.110. The molecule has 0 unspecified atom stereocenters. The lowest BCUT2D eigenvalue weighted by Gasteiger charge is -2.18.